The minimum atomic E-state index is -4.48. The minimum absolute atomic E-state index is 0.0395. The molecule has 2 amide bonds. The summed E-state index contributed by atoms with van der Waals surface area (Å²) in [4.78, 5) is 12.6. The van der Waals surface area contributed by atoms with Gasteiger partial charge in [0.15, 0.2) is 0 Å². The van der Waals surface area contributed by atoms with Gasteiger partial charge in [0.05, 0.1) is 17.3 Å². The molecule has 0 radical (unpaired) electrons. The molecule has 1 unspecified atom stereocenters. The van der Waals surface area contributed by atoms with E-state index in [1.807, 2.05) is 0 Å². The molecule has 1 aliphatic rings. The van der Waals surface area contributed by atoms with Crippen molar-refractivity contribution in [1.29, 1.82) is 5.41 Å². The summed E-state index contributed by atoms with van der Waals surface area (Å²) >= 11 is 0. The molecule has 8 heteroatoms. The van der Waals surface area contributed by atoms with Crippen LogP contribution < -0.4 is 16.4 Å². The summed E-state index contributed by atoms with van der Waals surface area (Å²) < 4.78 is 39.7. The van der Waals surface area contributed by atoms with Gasteiger partial charge in [0.1, 0.15) is 5.84 Å². The average molecular weight is 348 g/mol. The first-order valence-corrected chi connectivity index (χ1v) is 7.43. The molecule has 0 fully saturated rings. The monoisotopic (exact) mass is 348 g/mol. The number of amidine groups is 1. The third kappa shape index (κ3) is 2.96. The fraction of sp³-hybridized carbons (Fsp3) is 0.176. The number of nitrogens with zero attached hydrogens (tertiary/aromatic N) is 1. The van der Waals surface area contributed by atoms with Gasteiger partial charge >= 0.3 is 12.2 Å². The number of carbonyl (C=O) groups excluding carboxylic acids is 1. The Labute approximate surface area is 141 Å². The molecule has 1 heterocycles. The number of nitrogens with one attached hydrogen (secondary N) is 1. The Bertz CT molecular complexity index is 863. The Morgan fingerprint density at radius 1 is 1.20 bits per heavy atom. The number of nitrogens with two attached hydrogens (primary N) is 2. The number of primary amides is 1. The average Bonchev–Trinajstić information content (AvgIpc) is 2.54. The van der Waals surface area contributed by atoms with E-state index in [0.29, 0.717) is 16.8 Å². The van der Waals surface area contributed by atoms with E-state index in [2.05, 4.69) is 0 Å². The van der Waals surface area contributed by atoms with E-state index in [4.69, 9.17) is 16.9 Å². The van der Waals surface area contributed by atoms with Gasteiger partial charge in [-0.3, -0.25) is 5.41 Å². The maximum Gasteiger partial charge on any atom is 0.417 e. The Balaban J connectivity index is 2.14. The molecule has 3 rings (SSSR count). The summed E-state index contributed by atoms with van der Waals surface area (Å²) in [5.74, 6) is -0.136. The van der Waals surface area contributed by atoms with Crippen molar-refractivity contribution in [2.75, 3.05) is 4.90 Å². The zero-order valence-corrected chi connectivity index (χ0v) is 13.0. The molecule has 5 nitrogen and oxygen atoms in total. The van der Waals surface area contributed by atoms with E-state index in [1.54, 1.807) is 6.07 Å². The third-order valence-electron chi connectivity index (χ3n) is 4.12. The van der Waals surface area contributed by atoms with E-state index in [9.17, 15) is 18.0 Å². The second-order valence-electron chi connectivity index (χ2n) is 5.76. The molecular formula is C17H15F3N4O. The number of hydrogen-bond acceptors (Lipinski definition) is 3. The molecule has 0 spiro atoms. The zero-order chi connectivity index (χ0) is 18.4. The van der Waals surface area contributed by atoms with Crippen LogP contribution in [0.4, 0.5) is 23.7 Å². The summed E-state index contributed by atoms with van der Waals surface area (Å²) in [5.41, 5.74) is 11.8. The predicted octanol–water partition coefficient (Wildman–Crippen LogP) is 3.12. The largest absolute Gasteiger partial charge is 0.417 e. The summed E-state index contributed by atoms with van der Waals surface area (Å²) in [6.45, 7) is 0. The molecule has 0 aliphatic carbocycles. The van der Waals surface area contributed by atoms with E-state index in [-0.39, 0.29) is 17.8 Å². The summed E-state index contributed by atoms with van der Waals surface area (Å²) in [5, 5.41) is 7.90. The Morgan fingerprint density at radius 3 is 2.52 bits per heavy atom. The first-order chi connectivity index (χ1) is 11.7. The molecule has 130 valence electrons. The number of urea groups is 1. The lowest BCUT2D eigenvalue weighted by Gasteiger charge is -2.32. The van der Waals surface area contributed by atoms with Gasteiger partial charge in [0.25, 0.3) is 0 Å². The van der Waals surface area contributed by atoms with Gasteiger partial charge in [-0.05, 0) is 41.3 Å². The van der Waals surface area contributed by atoms with Crippen LogP contribution in [0.5, 0.6) is 0 Å². The van der Waals surface area contributed by atoms with Crippen molar-refractivity contribution < 1.29 is 18.0 Å². The number of halogens is 3. The van der Waals surface area contributed by atoms with Crippen molar-refractivity contribution in [3.63, 3.8) is 0 Å². The SMILES string of the molecule is N=C1C(N)Cc2cc(-c3ccccc3C(F)(F)F)ccc2N1C(N)=O. The van der Waals surface area contributed by atoms with Gasteiger partial charge in [-0.2, -0.15) is 13.2 Å². The van der Waals surface area contributed by atoms with E-state index in [1.165, 1.54) is 30.3 Å². The molecule has 0 saturated heterocycles. The van der Waals surface area contributed by atoms with Crippen molar-refractivity contribution in [1.82, 2.24) is 0 Å². The van der Waals surface area contributed by atoms with Gasteiger partial charge in [-0.25, -0.2) is 9.69 Å². The smallest absolute Gasteiger partial charge is 0.351 e. The van der Waals surface area contributed by atoms with Gasteiger partial charge < -0.3 is 11.5 Å². The lowest BCUT2D eigenvalue weighted by molar-refractivity contribution is -0.137. The van der Waals surface area contributed by atoms with Crippen LogP contribution in [0.15, 0.2) is 42.5 Å². The van der Waals surface area contributed by atoms with Crippen LogP contribution in [0.1, 0.15) is 11.1 Å². The molecule has 2 aromatic rings. The lowest BCUT2D eigenvalue weighted by atomic mass is 9.92. The van der Waals surface area contributed by atoms with Crippen molar-refractivity contribution >= 4 is 17.6 Å². The highest BCUT2D eigenvalue weighted by molar-refractivity contribution is 6.18. The number of anilines is 1. The highest BCUT2D eigenvalue weighted by atomic mass is 19.4. The molecule has 0 saturated carbocycles. The fourth-order valence-electron chi connectivity index (χ4n) is 2.98. The molecule has 1 atom stereocenters. The van der Waals surface area contributed by atoms with Crippen LogP contribution in [0.2, 0.25) is 0 Å². The van der Waals surface area contributed by atoms with E-state index < -0.39 is 23.8 Å². The van der Waals surface area contributed by atoms with Crippen molar-refractivity contribution in [3.8, 4) is 11.1 Å². The topological polar surface area (TPSA) is 96.2 Å². The summed E-state index contributed by atoms with van der Waals surface area (Å²) in [7, 11) is 0. The number of hydrogen-bond donors (Lipinski definition) is 3. The normalized spacial score (nSPS) is 17.4. The predicted molar refractivity (Wildman–Crippen MR) is 88.3 cm³/mol. The second-order valence-corrected chi connectivity index (χ2v) is 5.76. The number of carbonyl (C=O) groups is 1. The van der Waals surface area contributed by atoms with Crippen LogP contribution in [0.3, 0.4) is 0 Å². The van der Waals surface area contributed by atoms with Crippen LogP contribution in [-0.2, 0) is 12.6 Å². The highest BCUT2D eigenvalue weighted by Crippen LogP contribution is 2.39. The first-order valence-electron chi connectivity index (χ1n) is 7.43. The van der Waals surface area contributed by atoms with Gasteiger partial charge in [0, 0.05) is 0 Å². The minimum Gasteiger partial charge on any atom is -0.351 e. The van der Waals surface area contributed by atoms with E-state index in [0.717, 1.165) is 11.0 Å². The maximum absolute atomic E-state index is 13.2. The number of benzene rings is 2. The molecule has 0 aromatic heterocycles. The van der Waals surface area contributed by atoms with Gasteiger partial charge in [-0.1, -0.05) is 24.3 Å². The number of amides is 2. The highest BCUT2D eigenvalue weighted by Gasteiger charge is 2.34. The van der Waals surface area contributed by atoms with Crippen LogP contribution in [0, 0.1) is 5.41 Å². The molecule has 5 N–H and O–H groups in total. The van der Waals surface area contributed by atoms with Crippen LogP contribution >= 0.6 is 0 Å². The van der Waals surface area contributed by atoms with Crippen LogP contribution in [0.25, 0.3) is 11.1 Å². The quantitative estimate of drug-likeness (QED) is 0.738. The van der Waals surface area contributed by atoms with Crippen LogP contribution in [-0.4, -0.2) is 17.9 Å². The Kier molecular flexibility index (Phi) is 4.00. The molecule has 25 heavy (non-hydrogen) atoms. The summed E-state index contributed by atoms with van der Waals surface area (Å²) in [6.07, 6.45) is -4.25. The Morgan fingerprint density at radius 2 is 1.88 bits per heavy atom. The number of fused-ring (bicyclic) bond motifs is 1. The second kappa shape index (κ2) is 5.89. The zero-order valence-electron chi connectivity index (χ0n) is 13.0. The number of alkyl halides is 3. The standard InChI is InChI=1S/C17H15F3N4O/c18-17(19,20)12-4-2-1-3-11(12)9-5-6-14-10(7-9)8-13(21)15(22)24(14)16(23)25/h1-7,13,22H,8,21H2,(H2,23,25). The number of rotatable bonds is 1. The molecule has 2 aromatic carbocycles. The van der Waals surface area contributed by atoms with E-state index >= 15 is 0 Å². The molecule has 0 bridgehead atoms. The molecule has 1 aliphatic heterocycles. The van der Waals surface area contributed by atoms with Crippen molar-refractivity contribution in [3.05, 3.63) is 53.6 Å². The van der Waals surface area contributed by atoms with Crippen molar-refractivity contribution in [2.45, 2.75) is 18.6 Å². The van der Waals surface area contributed by atoms with Crippen molar-refractivity contribution in [2.24, 2.45) is 11.5 Å². The molecular weight excluding hydrogens is 333 g/mol. The third-order valence-corrected chi connectivity index (χ3v) is 4.12. The summed E-state index contributed by atoms with van der Waals surface area (Å²) in [6, 6.07) is 8.18. The Hall–Kier alpha value is -2.87. The maximum atomic E-state index is 13.2. The van der Waals surface area contributed by atoms with Gasteiger partial charge in [-0.15, -0.1) is 0 Å². The first kappa shape index (κ1) is 17.0. The van der Waals surface area contributed by atoms with Gasteiger partial charge in [0.2, 0.25) is 0 Å². The fourth-order valence-corrected chi connectivity index (χ4v) is 2.98. The lowest BCUT2D eigenvalue weighted by Crippen LogP contribution is -2.52.